The number of nitrogens with zero attached hydrogens (tertiary/aromatic N) is 2. The molecule has 0 radical (unpaired) electrons. The number of rotatable bonds is 7. The number of hydrogen-bond donors (Lipinski definition) is 1. The first-order valence-electron chi connectivity index (χ1n) is 11.6. The van der Waals surface area contributed by atoms with Gasteiger partial charge in [-0.1, -0.05) is 12.1 Å². The molecule has 2 atom stereocenters. The summed E-state index contributed by atoms with van der Waals surface area (Å²) < 4.78 is 10.5. The summed E-state index contributed by atoms with van der Waals surface area (Å²) in [4.78, 5) is 41.7. The molecule has 8 heteroatoms. The number of methoxy groups -OCH3 is 1. The topological polar surface area (TPSA) is 96.4 Å². The smallest absolute Gasteiger partial charge is 0.337 e. The number of esters is 1. The second-order valence-corrected chi connectivity index (χ2v) is 9.22. The van der Waals surface area contributed by atoms with Crippen LogP contribution < -0.4 is 4.74 Å². The zero-order chi connectivity index (χ0) is 25.3. The first kappa shape index (κ1) is 24.5. The minimum Gasteiger partial charge on any atom is -0.507 e. The number of amides is 1. The number of benzene rings is 2. The molecular formula is C27H30N2O6. The van der Waals surface area contributed by atoms with E-state index in [0.29, 0.717) is 36.1 Å². The molecular weight excluding hydrogens is 448 g/mol. The van der Waals surface area contributed by atoms with Gasteiger partial charge in [0.15, 0.2) is 0 Å². The third kappa shape index (κ3) is 4.79. The van der Waals surface area contributed by atoms with E-state index in [9.17, 15) is 19.5 Å². The van der Waals surface area contributed by atoms with Crippen LogP contribution in [0.2, 0.25) is 0 Å². The normalized spacial score (nSPS) is 20.8. The van der Waals surface area contributed by atoms with Crippen LogP contribution >= 0.6 is 0 Å². The summed E-state index contributed by atoms with van der Waals surface area (Å²) in [5.74, 6) is -1.31. The molecule has 2 aromatic carbocycles. The van der Waals surface area contributed by atoms with E-state index in [1.54, 1.807) is 36.4 Å². The SMILES string of the molecule is COC(=O)c1ccc([C@@H]2/C(=C(\O)c3ccc4c(c3)C[C@@H](C)O4)C(=O)C(=O)N2CCCN(C)C)cc1. The number of ether oxygens (including phenoxy) is 2. The molecule has 0 bridgehead atoms. The number of ketones is 1. The molecule has 0 unspecified atom stereocenters. The number of hydrogen-bond acceptors (Lipinski definition) is 7. The van der Waals surface area contributed by atoms with E-state index < -0.39 is 23.7 Å². The van der Waals surface area contributed by atoms with Crippen molar-refractivity contribution in [2.45, 2.75) is 31.9 Å². The summed E-state index contributed by atoms with van der Waals surface area (Å²) in [6.07, 6.45) is 1.40. The molecule has 35 heavy (non-hydrogen) atoms. The Kier molecular flexibility index (Phi) is 6.93. The van der Waals surface area contributed by atoms with Gasteiger partial charge in [0.05, 0.1) is 24.3 Å². The van der Waals surface area contributed by atoms with Crippen molar-refractivity contribution in [2.75, 3.05) is 34.3 Å². The number of likely N-dealkylation sites (tertiary alicyclic amines) is 1. The van der Waals surface area contributed by atoms with Crippen LogP contribution in [0.5, 0.6) is 5.75 Å². The Morgan fingerprint density at radius 3 is 2.49 bits per heavy atom. The molecule has 1 saturated heterocycles. The lowest BCUT2D eigenvalue weighted by Gasteiger charge is -2.26. The Morgan fingerprint density at radius 2 is 1.83 bits per heavy atom. The van der Waals surface area contributed by atoms with Gasteiger partial charge in [0.1, 0.15) is 17.6 Å². The van der Waals surface area contributed by atoms with Gasteiger partial charge in [0.25, 0.3) is 11.7 Å². The fourth-order valence-corrected chi connectivity index (χ4v) is 4.66. The van der Waals surface area contributed by atoms with Crippen molar-refractivity contribution in [1.82, 2.24) is 9.80 Å². The lowest BCUT2D eigenvalue weighted by Crippen LogP contribution is -2.32. The highest BCUT2D eigenvalue weighted by molar-refractivity contribution is 6.46. The van der Waals surface area contributed by atoms with Crippen LogP contribution in [0.1, 0.15) is 46.4 Å². The molecule has 4 rings (SSSR count). The zero-order valence-corrected chi connectivity index (χ0v) is 20.4. The predicted molar refractivity (Wildman–Crippen MR) is 130 cm³/mol. The second kappa shape index (κ2) is 9.92. The van der Waals surface area contributed by atoms with Crippen LogP contribution in [0.25, 0.3) is 5.76 Å². The van der Waals surface area contributed by atoms with Gasteiger partial charge >= 0.3 is 5.97 Å². The molecule has 2 heterocycles. The lowest BCUT2D eigenvalue weighted by atomic mass is 9.94. The van der Waals surface area contributed by atoms with Crippen molar-refractivity contribution >= 4 is 23.4 Å². The molecule has 184 valence electrons. The molecule has 1 fully saturated rings. The Balaban J connectivity index is 1.77. The van der Waals surface area contributed by atoms with Crippen molar-refractivity contribution in [3.63, 3.8) is 0 Å². The number of carbonyl (C=O) groups excluding carboxylic acids is 3. The van der Waals surface area contributed by atoms with Crippen LogP contribution in [0.15, 0.2) is 48.0 Å². The lowest BCUT2D eigenvalue weighted by molar-refractivity contribution is -0.139. The van der Waals surface area contributed by atoms with Crippen LogP contribution in [-0.2, 0) is 20.7 Å². The summed E-state index contributed by atoms with van der Waals surface area (Å²) >= 11 is 0. The highest BCUT2D eigenvalue weighted by Gasteiger charge is 2.46. The summed E-state index contributed by atoms with van der Waals surface area (Å²) in [6, 6.07) is 11.1. The monoisotopic (exact) mass is 478 g/mol. The van der Waals surface area contributed by atoms with Crippen LogP contribution in [0, 0.1) is 0 Å². The minimum atomic E-state index is -0.771. The molecule has 8 nitrogen and oxygen atoms in total. The predicted octanol–water partition coefficient (Wildman–Crippen LogP) is 3.17. The van der Waals surface area contributed by atoms with Gasteiger partial charge < -0.3 is 24.4 Å². The average molecular weight is 479 g/mol. The van der Waals surface area contributed by atoms with Gasteiger partial charge in [-0.3, -0.25) is 9.59 Å². The molecule has 1 amide bonds. The fraction of sp³-hybridized carbons (Fsp3) is 0.370. The van der Waals surface area contributed by atoms with Crippen LogP contribution in [0.3, 0.4) is 0 Å². The van der Waals surface area contributed by atoms with Gasteiger partial charge in [-0.15, -0.1) is 0 Å². The van der Waals surface area contributed by atoms with E-state index in [0.717, 1.165) is 17.9 Å². The summed E-state index contributed by atoms with van der Waals surface area (Å²) in [5, 5.41) is 11.3. The number of carbonyl (C=O) groups is 3. The highest BCUT2D eigenvalue weighted by Crippen LogP contribution is 2.40. The quantitative estimate of drug-likeness (QED) is 0.283. The van der Waals surface area contributed by atoms with Crippen molar-refractivity contribution in [3.05, 3.63) is 70.3 Å². The van der Waals surface area contributed by atoms with Crippen molar-refractivity contribution in [2.24, 2.45) is 0 Å². The first-order chi connectivity index (χ1) is 16.7. The van der Waals surface area contributed by atoms with Gasteiger partial charge in [-0.05, 0) is 75.4 Å². The number of fused-ring (bicyclic) bond motifs is 1. The maximum absolute atomic E-state index is 13.2. The Morgan fingerprint density at radius 1 is 1.14 bits per heavy atom. The molecule has 2 aliphatic heterocycles. The standard InChI is InChI=1S/C27H30N2O6/c1-16-14-20-15-19(10-11-21(20)35-16)24(30)22-23(17-6-8-18(9-7-17)27(33)34-4)29(26(32)25(22)31)13-5-12-28(2)3/h6-11,15-16,23,30H,5,12-14H2,1-4H3/b24-22+/t16-,23-/m1/s1. The summed E-state index contributed by atoms with van der Waals surface area (Å²) in [5.41, 5.74) is 2.43. The van der Waals surface area contributed by atoms with Gasteiger partial charge in [-0.2, -0.15) is 0 Å². The third-order valence-electron chi connectivity index (χ3n) is 6.36. The van der Waals surface area contributed by atoms with E-state index in [1.165, 1.54) is 12.0 Å². The van der Waals surface area contributed by atoms with Gasteiger partial charge in [0.2, 0.25) is 0 Å². The third-order valence-corrected chi connectivity index (χ3v) is 6.36. The van der Waals surface area contributed by atoms with Gasteiger partial charge in [0, 0.05) is 18.5 Å². The maximum Gasteiger partial charge on any atom is 0.337 e. The molecule has 0 spiro atoms. The fourth-order valence-electron chi connectivity index (χ4n) is 4.66. The summed E-state index contributed by atoms with van der Waals surface area (Å²) in [6.45, 7) is 3.05. The first-order valence-corrected chi connectivity index (χ1v) is 11.6. The van der Waals surface area contributed by atoms with E-state index in [1.807, 2.05) is 32.0 Å². The molecule has 0 aliphatic carbocycles. The molecule has 0 saturated carbocycles. The highest BCUT2D eigenvalue weighted by atomic mass is 16.5. The average Bonchev–Trinajstić information content (AvgIpc) is 3.34. The molecule has 0 aromatic heterocycles. The summed E-state index contributed by atoms with van der Waals surface area (Å²) in [7, 11) is 5.18. The van der Waals surface area contributed by atoms with E-state index in [4.69, 9.17) is 9.47 Å². The van der Waals surface area contributed by atoms with Crippen LogP contribution in [-0.4, -0.2) is 73.0 Å². The molecule has 2 aromatic rings. The van der Waals surface area contributed by atoms with E-state index in [-0.39, 0.29) is 17.4 Å². The number of aliphatic hydroxyl groups excluding tert-OH is 1. The van der Waals surface area contributed by atoms with Crippen LogP contribution in [0.4, 0.5) is 0 Å². The number of Topliss-reactive ketones (excluding diaryl/α,β-unsaturated/α-hetero) is 1. The van der Waals surface area contributed by atoms with Crippen molar-refractivity contribution < 1.29 is 29.0 Å². The van der Waals surface area contributed by atoms with Gasteiger partial charge in [-0.25, -0.2) is 4.79 Å². The zero-order valence-electron chi connectivity index (χ0n) is 20.4. The number of aliphatic hydroxyl groups is 1. The van der Waals surface area contributed by atoms with E-state index >= 15 is 0 Å². The Hall–Kier alpha value is -3.65. The van der Waals surface area contributed by atoms with Crippen molar-refractivity contribution in [3.8, 4) is 5.75 Å². The molecule has 2 aliphatic rings. The van der Waals surface area contributed by atoms with E-state index in [2.05, 4.69) is 0 Å². The largest absolute Gasteiger partial charge is 0.507 e. The minimum absolute atomic E-state index is 0.0394. The second-order valence-electron chi connectivity index (χ2n) is 9.22. The maximum atomic E-state index is 13.2. The Bertz CT molecular complexity index is 1180. The Labute approximate surface area is 204 Å². The molecule has 1 N–H and O–H groups in total. The van der Waals surface area contributed by atoms with Crippen molar-refractivity contribution in [1.29, 1.82) is 0 Å².